The van der Waals surface area contributed by atoms with Crippen LogP contribution in [0.2, 0.25) is 0 Å². The number of aromatic nitrogens is 1. The summed E-state index contributed by atoms with van der Waals surface area (Å²) in [5, 5.41) is 5.64. The molecule has 1 unspecified atom stereocenters. The van der Waals surface area contributed by atoms with Gasteiger partial charge in [0.05, 0.1) is 20.3 Å². The number of fused-ring (bicyclic) bond motifs is 1. The van der Waals surface area contributed by atoms with E-state index in [9.17, 15) is 9.59 Å². The summed E-state index contributed by atoms with van der Waals surface area (Å²) >= 11 is 0. The van der Waals surface area contributed by atoms with Crippen LogP contribution in [0.4, 0.5) is 0 Å². The summed E-state index contributed by atoms with van der Waals surface area (Å²) < 4.78 is 10.6. The predicted octanol–water partition coefficient (Wildman–Crippen LogP) is 1.42. The third kappa shape index (κ3) is 3.71. The molecule has 4 rings (SSSR count). The number of benzene rings is 1. The Morgan fingerprint density at radius 2 is 1.96 bits per heavy atom. The second kappa shape index (κ2) is 7.59. The highest BCUT2D eigenvalue weighted by atomic mass is 16.5. The molecular formula is C21H23N3O4. The van der Waals surface area contributed by atoms with E-state index in [0.717, 1.165) is 11.3 Å². The van der Waals surface area contributed by atoms with Gasteiger partial charge in [-0.3, -0.25) is 9.59 Å². The molecule has 2 amide bonds. The van der Waals surface area contributed by atoms with Gasteiger partial charge in [0.2, 0.25) is 0 Å². The third-order valence-corrected chi connectivity index (χ3v) is 5.37. The highest BCUT2D eigenvalue weighted by Gasteiger charge is 2.54. The summed E-state index contributed by atoms with van der Waals surface area (Å²) in [6.45, 7) is 1.41. The van der Waals surface area contributed by atoms with Crippen LogP contribution in [0.25, 0.3) is 0 Å². The zero-order valence-corrected chi connectivity index (χ0v) is 15.9. The van der Waals surface area contributed by atoms with Crippen molar-refractivity contribution in [3.05, 3.63) is 58.9 Å². The van der Waals surface area contributed by atoms with Crippen LogP contribution in [0.1, 0.15) is 32.1 Å². The highest BCUT2D eigenvalue weighted by Crippen LogP contribution is 2.44. The van der Waals surface area contributed by atoms with Crippen LogP contribution in [0, 0.1) is 11.8 Å². The molecule has 0 radical (unpaired) electrons. The molecule has 3 atom stereocenters. The SMILES string of the molecule is CNC(=O)c1cc(C(=O)NC2[C@H]3COC[C@@H]23)cc(Cc2cccc(OC)c2)n1. The summed E-state index contributed by atoms with van der Waals surface area (Å²) in [7, 11) is 3.16. The van der Waals surface area contributed by atoms with E-state index in [0.29, 0.717) is 42.7 Å². The van der Waals surface area contributed by atoms with Crippen LogP contribution in [0.15, 0.2) is 36.4 Å². The highest BCUT2D eigenvalue weighted by molar-refractivity contribution is 5.98. The van der Waals surface area contributed by atoms with E-state index in [1.807, 2.05) is 24.3 Å². The van der Waals surface area contributed by atoms with Gasteiger partial charge in [0.15, 0.2) is 0 Å². The second-order valence-electron chi connectivity index (χ2n) is 7.20. The minimum atomic E-state index is -0.321. The van der Waals surface area contributed by atoms with Gasteiger partial charge in [0, 0.05) is 42.6 Å². The van der Waals surface area contributed by atoms with Gasteiger partial charge < -0.3 is 20.1 Å². The minimum Gasteiger partial charge on any atom is -0.497 e. The maximum absolute atomic E-state index is 12.8. The summed E-state index contributed by atoms with van der Waals surface area (Å²) in [5.41, 5.74) is 2.31. The Hall–Kier alpha value is -2.93. The van der Waals surface area contributed by atoms with E-state index in [1.165, 1.54) is 6.07 Å². The zero-order chi connectivity index (χ0) is 19.7. The van der Waals surface area contributed by atoms with E-state index in [-0.39, 0.29) is 23.6 Å². The Kier molecular flexibility index (Phi) is 5.00. The molecule has 1 aromatic heterocycles. The summed E-state index contributed by atoms with van der Waals surface area (Å²) in [6, 6.07) is 11.1. The number of amides is 2. The average molecular weight is 381 g/mol. The van der Waals surface area contributed by atoms with Crippen molar-refractivity contribution in [2.45, 2.75) is 12.5 Å². The number of rotatable bonds is 6. The summed E-state index contributed by atoms with van der Waals surface area (Å²) in [4.78, 5) is 29.3. The van der Waals surface area contributed by atoms with E-state index in [1.54, 1.807) is 20.2 Å². The number of carbonyl (C=O) groups is 2. The van der Waals surface area contributed by atoms with E-state index >= 15 is 0 Å². The lowest BCUT2D eigenvalue weighted by Crippen LogP contribution is -2.30. The van der Waals surface area contributed by atoms with Gasteiger partial charge in [-0.15, -0.1) is 0 Å². The van der Waals surface area contributed by atoms with Crippen molar-refractivity contribution in [3.63, 3.8) is 0 Å². The largest absolute Gasteiger partial charge is 0.497 e. The molecule has 2 N–H and O–H groups in total. The van der Waals surface area contributed by atoms with Gasteiger partial charge in [-0.1, -0.05) is 12.1 Å². The van der Waals surface area contributed by atoms with E-state index in [4.69, 9.17) is 9.47 Å². The maximum atomic E-state index is 12.8. The minimum absolute atomic E-state index is 0.166. The Bertz CT molecular complexity index is 904. The number of carbonyl (C=O) groups excluding carboxylic acids is 2. The molecule has 1 saturated heterocycles. The first-order valence-electron chi connectivity index (χ1n) is 9.33. The first kappa shape index (κ1) is 18.4. The van der Waals surface area contributed by atoms with Gasteiger partial charge in [0.25, 0.3) is 11.8 Å². The molecule has 0 spiro atoms. The monoisotopic (exact) mass is 381 g/mol. The quantitative estimate of drug-likeness (QED) is 0.790. The molecule has 7 heteroatoms. The number of nitrogens with one attached hydrogen (secondary N) is 2. The molecular weight excluding hydrogens is 358 g/mol. The van der Waals surface area contributed by atoms with Gasteiger partial charge in [-0.25, -0.2) is 4.98 Å². The fourth-order valence-corrected chi connectivity index (χ4v) is 3.73. The van der Waals surface area contributed by atoms with Crippen LogP contribution in [-0.4, -0.2) is 50.2 Å². The number of methoxy groups -OCH3 is 1. The van der Waals surface area contributed by atoms with Crippen molar-refractivity contribution >= 4 is 11.8 Å². The zero-order valence-electron chi connectivity index (χ0n) is 15.9. The van der Waals surface area contributed by atoms with Gasteiger partial charge in [-0.05, 0) is 29.8 Å². The lowest BCUT2D eigenvalue weighted by Gasteiger charge is -2.11. The molecule has 2 fully saturated rings. The maximum Gasteiger partial charge on any atom is 0.269 e. The number of ether oxygens (including phenoxy) is 2. The Morgan fingerprint density at radius 3 is 2.68 bits per heavy atom. The van der Waals surface area contributed by atoms with Crippen molar-refractivity contribution in [1.29, 1.82) is 0 Å². The van der Waals surface area contributed by atoms with Crippen LogP contribution >= 0.6 is 0 Å². The average Bonchev–Trinajstić information content (AvgIpc) is 3.13. The fraction of sp³-hybridized carbons (Fsp3) is 0.381. The molecule has 2 aromatic rings. The number of hydrogen-bond donors (Lipinski definition) is 2. The lowest BCUT2D eigenvalue weighted by atomic mass is 10.1. The number of hydrogen-bond acceptors (Lipinski definition) is 5. The van der Waals surface area contributed by atoms with Crippen LogP contribution in [0.3, 0.4) is 0 Å². The van der Waals surface area contributed by atoms with Crippen molar-refractivity contribution in [2.75, 3.05) is 27.4 Å². The van der Waals surface area contributed by atoms with Crippen LogP contribution in [0.5, 0.6) is 5.75 Å². The molecule has 0 bridgehead atoms. The van der Waals surface area contributed by atoms with Crippen molar-refractivity contribution in [3.8, 4) is 5.75 Å². The fourth-order valence-electron chi connectivity index (χ4n) is 3.73. The van der Waals surface area contributed by atoms with Crippen molar-refractivity contribution in [1.82, 2.24) is 15.6 Å². The Balaban J connectivity index is 1.57. The van der Waals surface area contributed by atoms with Crippen molar-refractivity contribution in [2.24, 2.45) is 11.8 Å². The van der Waals surface area contributed by atoms with Gasteiger partial charge in [0.1, 0.15) is 11.4 Å². The topological polar surface area (TPSA) is 89.6 Å². The standard InChI is InChI=1S/C21H23N3O4/c1-22-21(26)18-9-13(20(25)24-19-16-10-28-11-17(16)19)8-14(23-18)6-12-4-3-5-15(7-12)27-2/h3-5,7-9,16-17,19H,6,10-11H2,1-2H3,(H,22,26)(H,24,25)/t16-,17+,19?. The van der Waals surface area contributed by atoms with E-state index in [2.05, 4.69) is 15.6 Å². The molecule has 2 aliphatic rings. The molecule has 7 nitrogen and oxygen atoms in total. The molecule has 146 valence electrons. The summed E-state index contributed by atoms with van der Waals surface area (Å²) in [5.74, 6) is 1.08. The number of pyridine rings is 1. The third-order valence-electron chi connectivity index (χ3n) is 5.37. The van der Waals surface area contributed by atoms with E-state index < -0.39 is 0 Å². The predicted molar refractivity (Wildman–Crippen MR) is 102 cm³/mol. The Labute approximate surface area is 163 Å². The molecule has 1 aromatic carbocycles. The smallest absolute Gasteiger partial charge is 0.269 e. The molecule has 28 heavy (non-hydrogen) atoms. The second-order valence-corrected chi connectivity index (χ2v) is 7.20. The summed E-state index contributed by atoms with van der Waals surface area (Å²) in [6.07, 6.45) is 0.491. The molecule has 1 saturated carbocycles. The first-order valence-corrected chi connectivity index (χ1v) is 9.33. The van der Waals surface area contributed by atoms with Gasteiger partial charge >= 0.3 is 0 Å². The Morgan fingerprint density at radius 1 is 1.18 bits per heavy atom. The lowest BCUT2D eigenvalue weighted by molar-refractivity contribution is 0.0928. The number of nitrogens with zero attached hydrogens (tertiary/aromatic N) is 1. The van der Waals surface area contributed by atoms with Crippen LogP contribution in [-0.2, 0) is 11.2 Å². The molecule has 1 aliphatic carbocycles. The van der Waals surface area contributed by atoms with Gasteiger partial charge in [-0.2, -0.15) is 0 Å². The molecule has 1 aliphatic heterocycles. The van der Waals surface area contributed by atoms with Crippen molar-refractivity contribution < 1.29 is 19.1 Å². The normalized spacial score (nSPS) is 22.3. The first-order chi connectivity index (χ1) is 13.6. The van der Waals surface area contributed by atoms with Crippen LogP contribution < -0.4 is 15.4 Å². The molecule has 2 heterocycles.